The summed E-state index contributed by atoms with van der Waals surface area (Å²) in [6.45, 7) is 6.37. The van der Waals surface area contributed by atoms with E-state index in [0.717, 1.165) is 0 Å². The van der Waals surface area contributed by atoms with Gasteiger partial charge in [0.15, 0.2) is 6.29 Å². The number of hydrogen-bond donors (Lipinski definition) is 1. The second-order valence-electron chi connectivity index (χ2n) is 4.40. The lowest BCUT2D eigenvalue weighted by Gasteiger charge is -2.26. The van der Waals surface area contributed by atoms with Crippen LogP contribution in [0.25, 0.3) is 0 Å². The molecule has 0 radical (unpaired) electrons. The van der Waals surface area contributed by atoms with E-state index in [0.29, 0.717) is 0 Å². The maximum atomic E-state index is 5.35. The Morgan fingerprint density at radius 2 is 1.47 bits per heavy atom. The van der Waals surface area contributed by atoms with Crippen molar-refractivity contribution in [2.75, 3.05) is 21.3 Å². The van der Waals surface area contributed by atoms with Crippen molar-refractivity contribution in [1.29, 1.82) is 0 Å². The van der Waals surface area contributed by atoms with E-state index in [1.165, 1.54) is 22.3 Å². The molecule has 1 aromatic rings. The molecule has 0 saturated carbocycles. The summed E-state index contributed by atoms with van der Waals surface area (Å²) in [4.78, 5) is 0. The third-order valence-corrected chi connectivity index (χ3v) is 3.27. The van der Waals surface area contributed by atoms with E-state index in [-0.39, 0.29) is 12.3 Å². The summed E-state index contributed by atoms with van der Waals surface area (Å²) in [6, 6.07) is 4.46. The highest BCUT2D eigenvalue weighted by Crippen LogP contribution is 2.25. The number of ether oxygens (including phenoxy) is 2. The van der Waals surface area contributed by atoms with Crippen molar-refractivity contribution in [3.8, 4) is 0 Å². The van der Waals surface area contributed by atoms with E-state index in [2.05, 4.69) is 38.2 Å². The molecule has 3 heteroatoms. The summed E-state index contributed by atoms with van der Waals surface area (Å²) >= 11 is 0. The molecule has 3 nitrogen and oxygen atoms in total. The number of hydrogen-bond acceptors (Lipinski definition) is 3. The largest absolute Gasteiger partial charge is 0.354 e. The minimum atomic E-state index is -0.277. The zero-order chi connectivity index (χ0) is 13.0. The molecule has 0 spiro atoms. The van der Waals surface area contributed by atoms with Crippen LogP contribution in [-0.4, -0.2) is 27.6 Å². The molecule has 96 valence electrons. The molecule has 0 fully saturated rings. The maximum absolute atomic E-state index is 5.35. The minimum absolute atomic E-state index is 0.0456. The van der Waals surface area contributed by atoms with Crippen LogP contribution < -0.4 is 5.32 Å². The summed E-state index contributed by atoms with van der Waals surface area (Å²) in [5.41, 5.74) is 5.08. The number of methoxy groups -OCH3 is 2. The zero-order valence-corrected chi connectivity index (χ0v) is 11.6. The predicted octanol–water partition coefficient (Wildman–Crippen LogP) is 2.49. The SMILES string of the molecule is CNC(c1cc(C)c(C)cc1C)C(OC)OC. The third-order valence-electron chi connectivity index (χ3n) is 3.27. The predicted molar refractivity (Wildman–Crippen MR) is 70.3 cm³/mol. The Labute approximate surface area is 104 Å². The summed E-state index contributed by atoms with van der Waals surface area (Å²) in [6.07, 6.45) is -0.277. The first-order valence-corrected chi connectivity index (χ1v) is 5.85. The van der Waals surface area contributed by atoms with E-state index in [1.54, 1.807) is 14.2 Å². The third kappa shape index (κ3) is 3.06. The van der Waals surface area contributed by atoms with Crippen LogP contribution in [0.3, 0.4) is 0 Å². The first-order chi connectivity index (χ1) is 8.04. The van der Waals surface area contributed by atoms with Crippen LogP contribution in [0.1, 0.15) is 28.3 Å². The number of rotatable bonds is 5. The summed E-state index contributed by atoms with van der Waals surface area (Å²) in [5.74, 6) is 0. The molecule has 0 bridgehead atoms. The zero-order valence-electron chi connectivity index (χ0n) is 11.6. The van der Waals surface area contributed by atoms with E-state index < -0.39 is 0 Å². The number of nitrogens with one attached hydrogen (secondary N) is 1. The first-order valence-electron chi connectivity index (χ1n) is 5.85. The fourth-order valence-electron chi connectivity index (χ4n) is 2.12. The van der Waals surface area contributed by atoms with Crippen LogP contribution in [0, 0.1) is 20.8 Å². The molecule has 1 unspecified atom stereocenters. The molecule has 1 rings (SSSR count). The Morgan fingerprint density at radius 3 is 1.94 bits per heavy atom. The van der Waals surface area contributed by atoms with E-state index in [9.17, 15) is 0 Å². The van der Waals surface area contributed by atoms with Crippen molar-refractivity contribution in [2.24, 2.45) is 0 Å². The van der Waals surface area contributed by atoms with Gasteiger partial charge in [0.2, 0.25) is 0 Å². The topological polar surface area (TPSA) is 30.5 Å². The Balaban J connectivity index is 3.15. The molecule has 1 aromatic carbocycles. The van der Waals surface area contributed by atoms with Gasteiger partial charge in [-0.25, -0.2) is 0 Å². The van der Waals surface area contributed by atoms with E-state index in [4.69, 9.17) is 9.47 Å². The molecule has 0 aromatic heterocycles. The van der Waals surface area contributed by atoms with Crippen LogP contribution >= 0.6 is 0 Å². The quantitative estimate of drug-likeness (QED) is 0.798. The molecular formula is C14H23NO2. The molecule has 0 saturated heterocycles. The van der Waals surface area contributed by atoms with Gasteiger partial charge < -0.3 is 14.8 Å². The van der Waals surface area contributed by atoms with Gasteiger partial charge in [0.1, 0.15) is 0 Å². The average molecular weight is 237 g/mol. The molecule has 0 heterocycles. The lowest BCUT2D eigenvalue weighted by Crippen LogP contribution is -2.33. The molecule has 1 atom stereocenters. The number of aryl methyl sites for hydroxylation is 3. The highest BCUT2D eigenvalue weighted by molar-refractivity contribution is 5.38. The van der Waals surface area contributed by atoms with Crippen molar-refractivity contribution in [3.63, 3.8) is 0 Å². The van der Waals surface area contributed by atoms with Gasteiger partial charge in [-0.3, -0.25) is 0 Å². The molecule has 17 heavy (non-hydrogen) atoms. The van der Waals surface area contributed by atoms with Gasteiger partial charge in [-0.05, 0) is 50.1 Å². The van der Waals surface area contributed by atoms with Gasteiger partial charge in [0, 0.05) is 14.2 Å². The average Bonchev–Trinajstić information content (AvgIpc) is 2.31. The van der Waals surface area contributed by atoms with Crippen molar-refractivity contribution in [2.45, 2.75) is 33.1 Å². The van der Waals surface area contributed by atoms with Crippen LogP contribution in [0.5, 0.6) is 0 Å². The van der Waals surface area contributed by atoms with Gasteiger partial charge in [0.25, 0.3) is 0 Å². The first kappa shape index (κ1) is 14.2. The van der Waals surface area contributed by atoms with E-state index >= 15 is 0 Å². The lowest BCUT2D eigenvalue weighted by molar-refractivity contribution is -0.123. The van der Waals surface area contributed by atoms with E-state index in [1.807, 2.05) is 7.05 Å². The maximum Gasteiger partial charge on any atom is 0.176 e. The molecule has 0 aliphatic heterocycles. The highest BCUT2D eigenvalue weighted by Gasteiger charge is 2.23. The number of benzene rings is 1. The molecule has 1 N–H and O–H groups in total. The van der Waals surface area contributed by atoms with Gasteiger partial charge in [-0.1, -0.05) is 12.1 Å². The fraction of sp³-hybridized carbons (Fsp3) is 0.571. The summed E-state index contributed by atoms with van der Waals surface area (Å²) in [7, 11) is 5.24. The minimum Gasteiger partial charge on any atom is -0.354 e. The lowest BCUT2D eigenvalue weighted by atomic mass is 9.95. The van der Waals surface area contributed by atoms with Gasteiger partial charge in [-0.2, -0.15) is 0 Å². The second kappa shape index (κ2) is 6.15. The monoisotopic (exact) mass is 237 g/mol. The van der Waals surface area contributed by atoms with Gasteiger partial charge in [-0.15, -0.1) is 0 Å². The van der Waals surface area contributed by atoms with Crippen molar-refractivity contribution in [1.82, 2.24) is 5.32 Å². The smallest absolute Gasteiger partial charge is 0.176 e. The van der Waals surface area contributed by atoms with Crippen LogP contribution in [0.2, 0.25) is 0 Å². The standard InChI is InChI=1S/C14H23NO2/c1-9-7-11(3)12(8-10(9)2)13(15-4)14(16-5)17-6/h7-8,13-15H,1-6H3. The Kier molecular flexibility index (Phi) is 5.12. The molecular weight excluding hydrogens is 214 g/mol. The normalized spacial score (nSPS) is 13.1. The number of likely N-dealkylation sites (N-methyl/N-ethyl adjacent to an activating group) is 1. The summed E-state index contributed by atoms with van der Waals surface area (Å²) in [5, 5.41) is 3.26. The van der Waals surface area contributed by atoms with Gasteiger partial charge >= 0.3 is 0 Å². The molecule has 0 aliphatic carbocycles. The molecule has 0 amide bonds. The highest BCUT2D eigenvalue weighted by atomic mass is 16.7. The molecule has 0 aliphatic rings. The Hall–Kier alpha value is -0.900. The van der Waals surface area contributed by atoms with Crippen LogP contribution in [-0.2, 0) is 9.47 Å². The van der Waals surface area contributed by atoms with Crippen molar-refractivity contribution < 1.29 is 9.47 Å². The van der Waals surface area contributed by atoms with Gasteiger partial charge in [0.05, 0.1) is 6.04 Å². The Bertz CT molecular complexity index is 373. The van der Waals surface area contributed by atoms with Crippen LogP contribution in [0.4, 0.5) is 0 Å². The second-order valence-corrected chi connectivity index (χ2v) is 4.40. The van der Waals surface area contributed by atoms with Crippen LogP contribution in [0.15, 0.2) is 12.1 Å². The van der Waals surface area contributed by atoms with Crippen molar-refractivity contribution >= 4 is 0 Å². The van der Waals surface area contributed by atoms with Crippen molar-refractivity contribution in [3.05, 3.63) is 34.4 Å². The summed E-state index contributed by atoms with van der Waals surface area (Å²) < 4.78 is 10.7. The Morgan fingerprint density at radius 1 is 0.941 bits per heavy atom. The fourth-order valence-corrected chi connectivity index (χ4v) is 2.12.